The summed E-state index contributed by atoms with van der Waals surface area (Å²) < 4.78 is 10.6. The van der Waals surface area contributed by atoms with E-state index in [0.29, 0.717) is 6.42 Å². The summed E-state index contributed by atoms with van der Waals surface area (Å²) in [6, 6.07) is 0.645. The average molecular weight is 593 g/mol. The maximum atomic E-state index is 13.1. The van der Waals surface area contributed by atoms with Crippen LogP contribution in [0, 0.1) is 5.41 Å². The number of allylic oxidation sites excluding steroid dienone is 1. The summed E-state index contributed by atoms with van der Waals surface area (Å²) in [5.41, 5.74) is -1.20. The van der Waals surface area contributed by atoms with Gasteiger partial charge in [-0.25, -0.2) is 9.59 Å². The van der Waals surface area contributed by atoms with Crippen molar-refractivity contribution in [2.75, 3.05) is 19.0 Å². The van der Waals surface area contributed by atoms with Crippen molar-refractivity contribution in [2.24, 2.45) is 5.41 Å². The van der Waals surface area contributed by atoms with Crippen molar-refractivity contribution in [1.82, 2.24) is 15.2 Å². The third kappa shape index (κ3) is 13.7. The van der Waals surface area contributed by atoms with Crippen LogP contribution in [0.2, 0.25) is 0 Å². The fraction of sp³-hybridized carbons (Fsp3) is 0.536. The minimum Gasteiger partial charge on any atom is -0.481 e. The third-order valence-corrected chi connectivity index (χ3v) is 5.61. The molecule has 42 heavy (non-hydrogen) atoms. The number of carboxylic acid groups (broad SMARTS) is 1. The van der Waals surface area contributed by atoms with Gasteiger partial charge in [0.05, 0.1) is 20.1 Å². The van der Waals surface area contributed by atoms with Crippen LogP contribution < -0.4 is 21.5 Å². The molecule has 0 fully saturated rings. The largest absolute Gasteiger partial charge is 0.481 e. The lowest BCUT2D eigenvalue weighted by molar-refractivity contribution is -0.146. The van der Waals surface area contributed by atoms with E-state index in [-0.39, 0.29) is 37.0 Å². The van der Waals surface area contributed by atoms with Gasteiger partial charge < -0.3 is 35.1 Å². The van der Waals surface area contributed by atoms with E-state index in [2.05, 4.69) is 16.0 Å². The van der Waals surface area contributed by atoms with Crippen LogP contribution in [0.15, 0.2) is 35.3 Å². The summed E-state index contributed by atoms with van der Waals surface area (Å²) >= 11 is 0. The number of nitrogens with one attached hydrogen (secondary N) is 3. The summed E-state index contributed by atoms with van der Waals surface area (Å²) in [6.07, 6.45) is 3.64. The smallest absolute Gasteiger partial charge is 0.330 e. The van der Waals surface area contributed by atoms with Crippen molar-refractivity contribution in [3.05, 3.63) is 40.8 Å². The quantitative estimate of drug-likeness (QED) is 0.159. The average Bonchev–Trinajstić information content (AvgIpc) is 2.89. The number of nitrogens with zero attached hydrogens (tertiary/aromatic N) is 1. The molecular weight excluding hydrogens is 552 g/mol. The van der Waals surface area contributed by atoms with Gasteiger partial charge in [-0.3, -0.25) is 24.0 Å². The van der Waals surface area contributed by atoms with Gasteiger partial charge in [0.2, 0.25) is 17.7 Å². The highest BCUT2D eigenvalue weighted by molar-refractivity contribution is 5.97. The molecule has 0 saturated heterocycles. The summed E-state index contributed by atoms with van der Waals surface area (Å²) in [4.78, 5) is 85.5. The topological polar surface area (TPSA) is 199 Å². The third-order valence-electron chi connectivity index (χ3n) is 5.61. The number of ether oxygens (including phenoxy) is 2. The number of methoxy groups -OCH3 is 1. The summed E-state index contributed by atoms with van der Waals surface area (Å²) in [7, 11) is 1.21. The predicted molar refractivity (Wildman–Crippen MR) is 151 cm³/mol. The Kier molecular flexibility index (Phi) is 14.7. The van der Waals surface area contributed by atoms with E-state index >= 15 is 0 Å². The highest BCUT2D eigenvalue weighted by Crippen LogP contribution is 2.21. The standard InChI is InChI=1S/C28H40N4O10/c1-6-42-24(37)12-8-7-10-18(29-21(33)13-14-23(35)36)25(38)31-19-11-9-15-32(26(19)39)17-22(34)30-20(27(40)41-5)16-28(2,3)4/h8-9,11-12,15,18,20H,6-7,10,13-14,16-17H2,1-5H3,(H,29,33)(H,30,34)(H,31,38)(H,35,36)/b12-8+/t18-,20-/m0/s1. The van der Waals surface area contributed by atoms with E-state index in [1.165, 1.54) is 37.6 Å². The Bertz CT molecular complexity index is 1220. The van der Waals surface area contributed by atoms with Gasteiger partial charge in [0.1, 0.15) is 24.3 Å². The molecule has 0 aliphatic heterocycles. The first-order valence-electron chi connectivity index (χ1n) is 13.4. The molecule has 0 bridgehead atoms. The predicted octanol–water partition coefficient (Wildman–Crippen LogP) is 1.13. The molecule has 1 aromatic heterocycles. The number of amides is 3. The summed E-state index contributed by atoms with van der Waals surface area (Å²) in [6.45, 7) is 7.06. The molecule has 1 heterocycles. The Labute approximate surface area is 243 Å². The molecule has 14 nitrogen and oxygen atoms in total. The molecule has 0 aliphatic carbocycles. The number of hydrogen-bond donors (Lipinski definition) is 4. The van der Waals surface area contributed by atoms with Gasteiger partial charge in [-0.1, -0.05) is 26.8 Å². The lowest BCUT2D eigenvalue weighted by Crippen LogP contribution is -2.46. The van der Waals surface area contributed by atoms with E-state index in [1.807, 2.05) is 20.8 Å². The first kappa shape index (κ1) is 35.5. The fourth-order valence-corrected chi connectivity index (χ4v) is 3.71. The van der Waals surface area contributed by atoms with Crippen molar-refractivity contribution in [3.8, 4) is 0 Å². The van der Waals surface area contributed by atoms with Crippen LogP contribution >= 0.6 is 0 Å². The van der Waals surface area contributed by atoms with Gasteiger partial charge in [-0.15, -0.1) is 0 Å². The molecule has 232 valence electrons. The Morgan fingerprint density at radius 1 is 1.05 bits per heavy atom. The molecule has 0 spiro atoms. The molecule has 2 atom stereocenters. The number of esters is 2. The normalized spacial score (nSPS) is 12.6. The number of carbonyl (C=O) groups excluding carboxylic acids is 5. The van der Waals surface area contributed by atoms with Crippen molar-refractivity contribution in [3.63, 3.8) is 0 Å². The Hall–Kier alpha value is -4.49. The van der Waals surface area contributed by atoms with Crippen molar-refractivity contribution in [1.29, 1.82) is 0 Å². The Balaban J connectivity index is 3.03. The molecule has 0 aliphatic rings. The fourth-order valence-electron chi connectivity index (χ4n) is 3.71. The van der Waals surface area contributed by atoms with Crippen LogP contribution in [-0.4, -0.2) is 71.1 Å². The van der Waals surface area contributed by atoms with E-state index in [1.54, 1.807) is 6.92 Å². The second-order valence-corrected chi connectivity index (χ2v) is 10.5. The van der Waals surface area contributed by atoms with Crippen LogP contribution in [0.4, 0.5) is 5.69 Å². The van der Waals surface area contributed by atoms with Crippen molar-refractivity contribution in [2.45, 2.75) is 78.4 Å². The summed E-state index contributed by atoms with van der Waals surface area (Å²) in [5, 5.41) is 16.3. The molecule has 1 aromatic rings. The number of aromatic nitrogens is 1. The lowest BCUT2D eigenvalue weighted by atomic mass is 9.88. The molecule has 0 saturated carbocycles. The molecule has 3 amide bonds. The van der Waals surface area contributed by atoms with Crippen LogP contribution in [0.5, 0.6) is 0 Å². The van der Waals surface area contributed by atoms with Gasteiger partial charge in [-0.05, 0) is 43.7 Å². The number of aliphatic carboxylic acids is 1. The molecule has 4 N–H and O–H groups in total. The van der Waals surface area contributed by atoms with Gasteiger partial charge in [0.15, 0.2) is 0 Å². The van der Waals surface area contributed by atoms with Gasteiger partial charge in [0.25, 0.3) is 5.56 Å². The first-order valence-corrected chi connectivity index (χ1v) is 13.4. The summed E-state index contributed by atoms with van der Waals surface area (Å²) in [5.74, 6) is -4.47. The molecule has 14 heteroatoms. The maximum absolute atomic E-state index is 13.1. The molecule has 0 aromatic carbocycles. The van der Waals surface area contributed by atoms with Crippen LogP contribution in [0.3, 0.4) is 0 Å². The van der Waals surface area contributed by atoms with E-state index in [9.17, 15) is 33.6 Å². The van der Waals surface area contributed by atoms with Crippen molar-refractivity contribution < 1.29 is 43.3 Å². The molecule has 0 unspecified atom stereocenters. The highest BCUT2D eigenvalue weighted by Gasteiger charge is 2.27. The molecule has 0 radical (unpaired) electrons. The zero-order valence-electron chi connectivity index (χ0n) is 24.6. The number of carbonyl (C=O) groups is 6. The second kappa shape index (κ2) is 17.4. The number of hydrogen-bond acceptors (Lipinski definition) is 9. The maximum Gasteiger partial charge on any atom is 0.330 e. The number of pyridine rings is 1. The number of rotatable bonds is 16. The second-order valence-electron chi connectivity index (χ2n) is 10.5. The van der Waals surface area contributed by atoms with Crippen LogP contribution in [0.1, 0.15) is 59.8 Å². The van der Waals surface area contributed by atoms with E-state index in [4.69, 9.17) is 14.6 Å². The molecular formula is C28H40N4O10. The number of carboxylic acids is 1. The monoisotopic (exact) mass is 592 g/mol. The Morgan fingerprint density at radius 3 is 2.31 bits per heavy atom. The van der Waals surface area contributed by atoms with Gasteiger partial charge in [-0.2, -0.15) is 0 Å². The zero-order chi connectivity index (χ0) is 31.9. The molecule has 1 rings (SSSR count). The number of anilines is 1. The van der Waals surface area contributed by atoms with E-state index < -0.39 is 66.2 Å². The lowest BCUT2D eigenvalue weighted by Gasteiger charge is -2.25. The van der Waals surface area contributed by atoms with E-state index in [0.717, 1.165) is 4.57 Å². The Morgan fingerprint density at radius 2 is 1.71 bits per heavy atom. The van der Waals surface area contributed by atoms with Gasteiger partial charge in [0, 0.05) is 18.7 Å². The minimum atomic E-state index is -1.19. The van der Waals surface area contributed by atoms with Crippen molar-refractivity contribution >= 4 is 41.3 Å². The van der Waals surface area contributed by atoms with Gasteiger partial charge >= 0.3 is 17.9 Å². The SMILES string of the molecule is CCOC(=O)/C=C/CC[C@H](NC(=O)CCC(=O)O)C(=O)Nc1cccn(CC(=O)N[C@@H](CC(C)(C)C)C(=O)OC)c1=O. The van der Waals surface area contributed by atoms with Crippen LogP contribution in [-0.2, 0) is 44.8 Å². The zero-order valence-corrected chi connectivity index (χ0v) is 24.6. The minimum absolute atomic E-state index is 0.0205. The van der Waals surface area contributed by atoms with Crippen LogP contribution in [0.25, 0.3) is 0 Å². The highest BCUT2D eigenvalue weighted by atomic mass is 16.5. The first-order chi connectivity index (χ1) is 19.7.